The Balaban J connectivity index is 2.81. The van der Waals surface area contributed by atoms with Crippen LogP contribution in [0.5, 0.6) is 5.75 Å². The van der Waals surface area contributed by atoms with Crippen LogP contribution in [0.4, 0.5) is 0 Å². The second kappa shape index (κ2) is 11.2. The molecule has 0 saturated carbocycles. The number of hydrogen-bond acceptors (Lipinski definition) is 5. The number of hydrogen-bond donors (Lipinski definition) is 1. The summed E-state index contributed by atoms with van der Waals surface area (Å²) in [6.07, 6.45) is 0. The van der Waals surface area contributed by atoms with Crippen molar-refractivity contribution in [2.24, 2.45) is 28.9 Å². The molecule has 0 aliphatic rings. The molecule has 0 radical (unpaired) electrons. The summed E-state index contributed by atoms with van der Waals surface area (Å²) in [7, 11) is 0. The zero-order chi connectivity index (χ0) is 25.7. The van der Waals surface area contributed by atoms with Gasteiger partial charge in [-0.05, 0) is 68.3 Å². The standard InChI is InChI=1S/C29H41NO4/c1-19(2)25(17-30)29(20(3)4,23-12-10-9-11-13-23)24-16-22(14-15-26(24)34-21(5)31)18-33-27(32)28(6,7)8/h9-16,19-20,25H,17-18,30H2,1-8H3. The van der Waals surface area contributed by atoms with E-state index in [0.29, 0.717) is 12.3 Å². The molecule has 2 N–H and O–H groups in total. The summed E-state index contributed by atoms with van der Waals surface area (Å²) in [5.74, 6) is 0.324. The highest BCUT2D eigenvalue weighted by Gasteiger charge is 2.47. The highest BCUT2D eigenvalue weighted by atomic mass is 16.5. The van der Waals surface area contributed by atoms with Gasteiger partial charge in [-0.25, -0.2) is 0 Å². The molecule has 2 rings (SSSR count). The van der Waals surface area contributed by atoms with Gasteiger partial charge in [-0.3, -0.25) is 9.59 Å². The molecule has 186 valence electrons. The SMILES string of the molecule is CC(=O)Oc1ccc(COC(=O)C(C)(C)C)cc1C(c1ccccc1)(C(C)C)C(CN)C(C)C. The second-order valence-corrected chi connectivity index (χ2v) is 10.7. The van der Waals surface area contributed by atoms with Crippen molar-refractivity contribution in [3.8, 4) is 5.75 Å². The maximum Gasteiger partial charge on any atom is 0.311 e. The molecule has 34 heavy (non-hydrogen) atoms. The number of carbonyl (C=O) groups is 2. The van der Waals surface area contributed by atoms with Gasteiger partial charge in [0.05, 0.1) is 5.41 Å². The van der Waals surface area contributed by atoms with Crippen LogP contribution >= 0.6 is 0 Å². The molecule has 2 aromatic rings. The van der Waals surface area contributed by atoms with Gasteiger partial charge >= 0.3 is 11.9 Å². The van der Waals surface area contributed by atoms with E-state index in [4.69, 9.17) is 15.2 Å². The lowest BCUT2D eigenvalue weighted by molar-refractivity contribution is -0.154. The number of nitrogens with two attached hydrogens (primary N) is 1. The Kier molecular flexibility index (Phi) is 9.07. The van der Waals surface area contributed by atoms with Crippen LogP contribution in [0.3, 0.4) is 0 Å². The van der Waals surface area contributed by atoms with E-state index in [1.165, 1.54) is 6.92 Å². The van der Waals surface area contributed by atoms with Crippen molar-refractivity contribution < 1.29 is 19.1 Å². The lowest BCUT2D eigenvalue weighted by Crippen LogP contribution is -2.47. The molecule has 0 saturated heterocycles. The minimum absolute atomic E-state index is 0.0663. The first-order chi connectivity index (χ1) is 15.8. The lowest BCUT2D eigenvalue weighted by Gasteiger charge is -2.47. The molecule has 0 aliphatic carbocycles. The van der Waals surface area contributed by atoms with E-state index in [0.717, 1.165) is 16.7 Å². The van der Waals surface area contributed by atoms with E-state index in [2.05, 4.69) is 39.8 Å². The largest absolute Gasteiger partial charge is 0.460 e. The van der Waals surface area contributed by atoms with E-state index < -0.39 is 10.8 Å². The third kappa shape index (κ3) is 5.87. The van der Waals surface area contributed by atoms with Gasteiger partial charge in [-0.15, -0.1) is 0 Å². The van der Waals surface area contributed by atoms with Crippen molar-refractivity contribution in [3.63, 3.8) is 0 Å². The van der Waals surface area contributed by atoms with Crippen LogP contribution in [-0.2, 0) is 26.3 Å². The predicted molar refractivity (Wildman–Crippen MR) is 136 cm³/mol. The fourth-order valence-corrected chi connectivity index (χ4v) is 4.94. The Labute approximate surface area is 205 Å². The Hall–Kier alpha value is -2.66. The number of rotatable bonds is 9. The molecule has 5 heteroatoms. The van der Waals surface area contributed by atoms with Crippen molar-refractivity contribution in [2.45, 2.75) is 67.4 Å². The van der Waals surface area contributed by atoms with Gasteiger partial charge in [0.1, 0.15) is 12.4 Å². The Morgan fingerprint density at radius 3 is 2.06 bits per heavy atom. The number of esters is 2. The lowest BCUT2D eigenvalue weighted by atomic mass is 9.56. The van der Waals surface area contributed by atoms with Gasteiger partial charge in [0, 0.05) is 17.9 Å². The van der Waals surface area contributed by atoms with Crippen LogP contribution in [0.15, 0.2) is 48.5 Å². The predicted octanol–water partition coefficient (Wildman–Crippen LogP) is 5.87. The van der Waals surface area contributed by atoms with Crippen molar-refractivity contribution in [1.82, 2.24) is 0 Å². The van der Waals surface area contributed by atoms with Crippen molar-refractivity contribution >= 4 is 11.9 Å². The molecule has 0 aromatic heterocycles. The minimum atomic E-state index is -0.589. The Morgan fingerprint density at radius 2 is 1.59 bits per heavy atom. The number of carbonyl (C=O) groups excluding carboxylic acids is 2. The molecule has 5 nitrogen and oxygen atoms in total. The monoisotopic (exact) mass is 467 g/mol. The molecular weight excluding hydrogens is 426 g/mol. The summed E-state index contributed by atoms with van der Waals surface area (Å²) in [6, 6.07) is 16.0. The van der Waals surface area contributed by atoms with Gasteiger partial charge in [0.15, 0.2) is 0 Å². The fraction of sp³-hybridized carbons (Fsp3) is 0.517. The topological polar surface area (TPSA) is 78.6 Å². The third-order valence-corrected chi connectivity index (χ3v) is 6.53. The van der Waals surface area contributed by atoms with Crippen LogP contribution in [0.1, 0.15) is 72.1 Å². The summed E-state index contributed by atoms with van der Waals surface area (Å²) in [6.45, 7) is 16.2. The Bertz CT molecular complexity index is 975. The first-order valence-electron chi connectivity index (χ1n) is 12.1. The average molecular weight is 468 g/mol. The van der Waals surface area contributed by atoms with Crippen LogP contribution in [0.25, 0.3) is 0 Å². The highest BCUT2D eigenvalue weighted by molar-refractivity contribution is 5.75. The molecule has 0 spiro atoms. The molecule has 0 aliphatic heterocycles. The second-order valence-electron chi connectivity index (χ2n) is 10.7. The molecule has 0 bridgehead atoms. The molecule has 0 fully saturated rings. The maximum atomic E-state index is 12.4. The van der Waals surface area contributed by atoms with Crippen LogP contribution in [0.2, 0.25) is 0 Å². The summed E-state index contributed by atoms with van der Waals surface area (Å²) < 4.78 is 11.4. The molecule has 2 unspecified atom stereocenters. The average Bonchev–Trinajstić information content (AvgIpc) is 2.75. The number of benzene rings is 2. The van der Waals surface area contributed by atoms with E-state index in [1.54, 1.807) is 0 Å². The first kappa shape index (κ1) is 27.6. The van der Waals surface area contributed by atoms with E-state index in [1.807, 2.05) is 57.2 Å². The quantitative estimate of drug-likeness (QED) is 0.368. The summed E-state index contributed by atoms with van der Waals surface area (Å²) in [5, 5.41) is 0. The fourth-order valence-electron chi connectivity index (χ4n) is 4.94. The van der Waals surface area contributed by atoms with E-state index >= 15 is 0 Å². The summed E-state index contributed by atoms with van der Waals surface area (Å²) in [5.41, 5.74) is 8.15. The van der Waals surface area contributed by atoms with Gasteiger partial charge in [-0.1, -0.05) is 64.1 Å². The van der Waals surface area contributed by atoms with Crippen molar-refractivity contribution in [2.75, 3.05) is 6.54 Å². The molecule has 2 atom stereocenters. The van der Waals surface area contributed by atoms with Crippen LogP contribution in [-0.4, -0.2) is 18.5 Å². The van der Waals surface area contributed by atoms with Crippen LogP contribution in [0, 0.1) is 23.2 Å². The van der Waals surface area contributed by atoms with E-state index in [9.17, 15) is 9.59 Å². The van der Waals surface area contributed by atoms with Gasteiger partial charge in [-0.2, -0.15) is 0 Å². The Morgan fingerprint density at radius 1 is 0.971 bits per heavy atom. The smallest absolute Gasteiger partial charge is 0.311 e. The molecule has 0 heterocycles. The van der Waals surface area contributed by atoms with Gasteiger partial charge < -0.3 is 15.2 Å². The van der Waals surface area contributed by atoms with Crippen molar-refractivity contribution in [3.05, 3.63) is 65.2 Å². The summed E-state index contributed by atoms with van der Waals surface area (Å²) in [4.78, 5) is 24.5. The molecule has 0 amide bonds. The normalized spacial score (nSPS) is 14.6. The minimum Gasteiger partial charge on any atom is -0.460 e. The van der Waals surface area contributed by atoms with Crippen molar-refractivity contribution in [1.29, 1.82) is 0 Å². The van der Waals surface area contributed by atoms with E-state index in [-0.39, 0.29) is 36.3 Å². The van der Waals surface area contributed by atoms with Crippen LogP contribution < -0.4 is 10.5 Å². The first-order valence-corrected chi connectivity index (χ1v) is 12.1. The zero-order valence-electron chi connectivity index (χ0n) is 22.0. The molecule has 2 aromatic carbocycles. The van der Waals surface area contributed by atoms with Gasteiger partial charge in [0.25, 0.3) is 0 Å². The molecular formula is C29H41NO4. The zero-order valence-corrected chi connectivity index (χ0v) is 22.0. The van der Waals surface area contributed by atoms with Gasteiger partial charge in [0.2, 0.25) is 0 Å². The highest BCUT2D eigenvalue weighted by Crippen LogP contribution is 2.51. The summed E-state index contributed by atoms with van der Waals surface area (Å²) >= 11 is 0. The third-order valence-electron chi connectivity index (χ3n) is 6.53. The maximum absolute atomic E-state index is 12.4. The number of ether oxygens (including phenoxy) is 2.